The number of halogens is 5. The standard InChI is InChI=1S/C13H22F3N3O.2ClH/c14-13(15,16)10-18-4-1-5-19(7-6-18)12(20)9-17-8-11-2-3-11;;/h11,17H,1-10H2;2*1H. The van der Waals surface area contributed by atoms with E-state index in [1.807, 2.05) is 0 Å². The fourth-order valence-electron chi connectivity index (χ4n) is 2.45. The summed E-state index contributed by atoms with van der Waals surface area (Å²) >= 11 is 0. The van der Waals surface area contributed by atoms with Gasteiger partial charge in [0.05, 0.1) is 13.1 Å². The molecule has 4 nitrogen and oxygen atoms in total. The summed E-state index contributed by atoms with van der Waals surface area (Å²) in [7, 11) is 0. The molecule has 22 heavy (non-hydrogen) atoms. The summed E-state index contributed by atoms with van der Waals surface area (Å²) < 4.78 is 37.0. The van der Waals surface area contributed by atoms with Crippen molar-refractivity contribution in [2.24, 2.45) is 5.92 Å². The minimum Gasteiger partial charge on any atom is -0.340 e. The fraction of sp³-hybridized carbons (Fsp3) is 0.923. The highest BCUT2D eigenvalue weighted by Crippen LogP contribution is 2.27. The van der Waals surface area contributed by atoms with E-state index in [-0.39, 0.29) is 30.7 Å². The van der Waals surface area contributed by atoms with Crippen LogP contribution in [-0.2, 0) is 4.79 Å². The van der Waals surface area contributed by atoms with Gasteiger partial charge in [0.25, 0.3) is 0 Å². The minimum atomic E-state index is -4.16. The molecule has 0 bridgehead atoms. The lowest BCUT2D eigenvalue weighted by Gasteiger charge is -2.23. The van der Waals surface area contributed by atoms with E-state index in [2.05, 4.69) is 5.32 Å². The summed E-state index contributed by atoms with van der Waals surface area (Å²) in [6, 6.07) is 0. The van der Waals surface area contributed by atoms with E-state index >= 15 is 0 Å². The second-order valence-electron chi connectivity index (χ2n) is 5.70. The molecule has 2 aliphatic rings. The monoisotopic (exact) mass is 365 g/mol. The maximum absolute atomic E-state index is 12.3. The summed E-state index contributed by atoms with van der Waals surface area (Å²) in [5, 5.41) is 3.13. The van der Waals surface area contributed by atoms with E-state index in [1.165, 1.54) is 17.7 Å². The Bertz CT molecular complexity index is 341. The van der Waals surface area contributed by atoms with Crippen LogP contribution < -0.4 is 5.32 Å². The zero-order chi connectivity index (χ0) is 14.6. The van der Waals surface area contributed by atoms with Crippen molar-refractivity contribution in [3.63, 3.8) is 0 Å². The quantitative estimate of drug-likeness (QED) is 0.808. The van der Waals surface area contributed by atoms with E-state index in [1.54, 1.807) is 4.90 Å². The van der Waals surface area contributed by atoms with Crippen molar-refractivity contribution in [1.82, 2.24) is 15.1 Å². The first-order valence-electron chi connectivity index (χ1n) is 7.21. The average molecular weight is 366 g/mol. The first kappa shape index (κ1) is 21.8. The van der Waals surface area contributed by atoms with Gasteiger partial charge in [-0.15, -0.1) is 24.8 Å². The molecule has 0 spiro atoms. The lowest BCUT2D eigenvalue weighted by Crippen LogP contribution is -2.41. The van der Waals surface area contributed by atoms with Crippen molar-refractivity contribution >= 4 is 30.7 Å². The number of carbonyl (C=O) groups is 1. The van der Waals surface area contributed by atoms with Crippen LogP contribution in [0.25, 0.3) is 0 Å². The molecule has 1 saturated heterocycles. The highest BCUT2D eigenvalue weighted by Gasteiger charge is 2.31. The molecule has 1 N–H and O–H groups in total. The van der Waals surface area contributed by atoms with Crippen LogP contribution in [0.4, 0.5) is 13.2 Å². The third-order valence-corrected chi connectivity index (χ3v) is 3.75. The molecule has 1 aliphatic carbocycles. The Kier molecular flexibility index (Phi) is 9.69. The van der Waals surface area contributed by atoms with Gasteiger partial charge in [-0.3, -0.25) is 9.69 Å². The van der Waals surface area contributed by atoms with Crippen molar-refractivity contribution in [2.45, 2.75) is 25.4 Å². The fourth-order valence-corrected chi connectivity index (χ4v) is 2.45. The third-order valence-electron chi connectivity index (χ3n) is 3.75. The summed E-state index contributed by atoms with van der Waals surface area (Å²) in [4.78, 5) is 15.0. The van der Waals surface area contributed by atoms with Gasteiger partial charge < -0.3 is 10.2 Å². The summed E-state index contributed by atoms with van der Waals surface area (Å²) in [5.41, 5.74) is 0. The molecule has 0 radical (unpaired) electrons. The second-order valence-corrected chi connectivity index (χ2v) is 5.70. The first-order valence-corrected chi connectivity index (χ1v) is 7.21. The number of nitrogens with zero attached hydrogens (tertiary/aromatic N) is 2. The lowest BCUT2D eigenvalue weighted by molar-refractivity contribution is -0.145. The van der Waals surface area contributed by atoms with Gasteiger partial charge in [-0.1, -0.05) is 0 Å². The molecular formula is C13H24Cl2F3N3O. The molecule has 0 aromatic heterocycles. The average Bonchev–Trinajstić information content (AvgIpc) is 3.14. The zero-order valence-corrected chi connectivity index (χ0v) is 14.0. The highest BCUT2D eigenvalue weighted by molar-refractivity contribution is 5.85. The number of carbonyl (C=O) groups excluding carboxylic acids is 1. The Morgan fingerprint density at radius 3 is 2.36 bits per heavy atom. The number of hydrogen-bond donors (Lipinski definition) is 1. The largest absolute Gasteiger partial charge is 0.401 e. The molecule has 1 heterocycles. The van der Waals surface area contributed by atoms with Crippen LogP contribution >= 0.6 is 24.8 Å². The summed E-state index contributed by atoms with van der Waals surface area (Å²) in [6.07, 6.45) is -1.09. The summed E-state index contributed by atoms with van der Waals surface area (Å²) in [5.74, 6) is 0.716. The van der Waals surface area contributed by atoms with Gasteiger partial charge in [-0.25, -0.2) is 0 Å². The van der Waals surface area contributed by atoms with Crippen molar-refractivity contribution in [1.29, 1.82) is 0 Å². The molecule has 1 amide bonds. The van der Waals surface area contributed by atoms with Crippen LogP contribution in [0.2, 0.25) is 0 Å². The molecular weight excluding hydrogens is 342 g/mol. The molecule has 0 aromatic rings. The molecule has 9 heteroatoms. The number of hydrogen-bond acceptors (Lipinski definition) is 3. The molecule has 132 valence electrons. The van der Waals surface area contributed by atoms with Gasteiger partial charge in [-0.05, 0) is 31.7 Å². The number of alkyl halides is 3. The molecule has 2 rings (SSSR count). The normalized spacial score (nSPS) is 19.9. The third kappa shape index (κ3) is 8.41. The Hall–Kier alpha value is -0.240. The number of amides is 1. The molecule has 1 saturated carbocycles. The van der Waals surface area contributed by atoms with Crippen LogP contribution in [0, 0.1) is 5.92 Å². The van der Waals surface area contributed by atoms with Crippen molar-refractivity contribution < 1.29 is 18.0 Å². The van der Waals surface area contributed by atoms with Gasteiger partial charge in [-0.2, -0.15) is 13.2 Å². The Labute approximate surface area is 141 Å². The predicted octanol–water partition coefficient (Wildman–Crippen LogP) is 1.93. The lowest BCUT2D eigenvalue weighted by atomic mass is 10.3. The Morgan fingerprint density at radius 1 is 1.09 bits per heavy atom. The predicted molar refractivity (Wildman–Crippen MR) is 83.8 cm³/mol. The van der Waals surface area contributed by atoms with Gasteiger partial charge in [0.2, 0.25) is 5.91 Å². The maximum atomic E-state index is 12.3. The Morgan fingerprint density at radius 2 is 1.77 bits per heavy atom. The van der Waals surface area contributed by atoms with Crippen molar-refractivity contribution in [2.75, 3.05) is 45.8 Å². The summed E-state index contributed by atoms with van der Waals surface area (Å²) in [6.45, 7) is 1.94. The van der Waals surface area contributed by atoms with Crippen molar-refractivity contribution in [3.8, 4) is 0 Å². The van der Waals surface area contributed by atoms with Gasteiger partial charge >= 0.3 is 6.18 Å². The SMILES string of the molecule is Cl.Cl.O=C(CNCC1CC1)N1CCCN(CC(F)(F)F)CC1. The second kappa shape index (κ2) is 9.80. The van der Waals surface area contributed by atoms with E-state index in [9.17, 15) is 18.0 Å². The van der Waals surface area contributed by atoms with Crippen LogP contribution in [0.5, 0.6) is 0 Å². The zero-order valence-electron chi connectivity index (χ0n) is 12.4. The van der Waals surface area contributed by atoms with Crippen LogP contribution in [0.15, 0.2) is 0 Å². The minimum absolute atomic E-state index is 0. The van der Waals surface area contributed by atoms with E-state index < -0.39 is 12.7 Å². The van der Waals surface area contributed by atoms with Crippen LogP contribution in [0.1, 0.15) is 19.3 Å². The van der Waals surface area contributed by atoms with E-state index in [0.29, 0.717) is 45.1 Å². The number of nitrogens with one attached hydrogen (secondary N) is 1. The molecule has 0 atom stereocenters. The molecule has 0 aromatic carbocycles. The van der Waals surface area contributed by atoms with E-state index in [4.69, 9.17) is 0 Å². The Balaban J connectivity index is 0.00000220. The maximum Gasteiger partial charge on any atom is 0.401 e. The van der Waals surface area contributed by atoms with Crippen LogP contribution in [0.3, 0.4) is 0 Å². The van der Waals surface area contributed by atoms with Gasteiger partial charge in [0.1, 0.15) is 0 Å². The van der Waals surface area contributed by atoms with Crippen molar-refractivity contribution in [3.05, 3.63) is 0 Å². The smallest absolute Gasteiger partial charge is 0.340 e. The van der Waals surface area contributed by atoms with E-state index in [0.717, 1.165) is 6.54 Å². The number of rotatable bonds is 5. The van der Waals surface area contributed by atoms with Gasteiger partial charge in [0, 0.05) is 26.2 Å². The highest BCUT2D eigenvalue weighted by atomic mass is 35.5. The molecule has 2 fully saturated rings. The topological polar surface area (TPSA) is 35.6 Å². The molecule has 1 aliphatic heterocycles. The van der Waals surface area contributed by atoms with Crippen LogP contribution in [-0.4, -0.2) is 67.7 Å². The van der Waals surface area contributed by atoms with Gasteiger partial charge in [0.15, 0.2) is 0 Å². The molecule has 0 unspecified atom stereocenters. The first-order chi connectivity index (χ1) is 9.44.